The Balaban J connectivity index is 0.00000585. The fourth-order valence-electron chi connectivity index (χ4n) is 7.89. The quantitative estimate of drug-likeness (QED) is 0.162. The number of para-hydroxylation sites is 2. The van der Waals surface area contributed by atoms with Gasteiger partial charge in [-0.3, -0.25) is 9.55 Å². The van der Waals surface area contributed by atoms with Crippen LogP contribution in [-0.2, 0) is 37.3 Å². The summed E-state index contributed by atoms with van der Waals surface area (Å²) < 4.78 is 2.20. The van der Waals surface area contributed by atoms with Crippen LogP contribution < -0.4 is 0 Å². The number of imidazole rings is 1. The molecular weight excluding hydrogens is 902 g/mol. The number of aromatic hydroxyl groups is 1. The summed E-state index contributed by atoms with van der Waals surface area (Å²) in [6.07, 6.45) is 1.96. The SMILES string of the molecule is CC(C)c1cc(-c2ccnc(-c3[c-]c(-c4cc(C(C)(C)C)cc5c4nc(-c4ccccc4O)n5-c4ccccc4)c(C(C)(C)C)cc3C(C)(C)C)c2)cc(C(C)C)c1.[Pt]. The van der Waals surface area contributed by atoms with Crippen molar-refractivity contribution in [3.8, 4) is 56.3 Å². The van der Waals surface area contributed by atoms with E-state index in [1.165, 1.54) is 33.4 Å². The Bertz CT molecular complexity index is 2600. The Kier molecular flexibility index (Phi) is 12.1. The zero-order valence-electron chi connectivity index (χ0n) is 37.2. The Morgan fingerprint density at radius 3 is 1.76 bits per heavy atom. The van der Waals surface area contributed by atoms with Crippen molar-refractivity contribution < 1.29 is 26.2 Å². The standard InChI is InChI=1S/C54H60N3O.Pt/c1-33(2)36-25-37(34(3)4)27-38(26-36)35-23-24-55-47(28-35)44-31-42(45(53(8,9)10)32-46(44)54(11,12)13)43-29-39(52(5,6)7)30-48-50(43)56-51(41-21-17-18-22-49(41)58)57(48)40-19-15-14-16-20-40;/h14-30,32-34,58H,1-13H3;/q-1;. The van der Waals surface area contributed by atoms with Crippen molar-refractivity contribution in [1.29, 1.82) is 0 Å². The number of hydrogen-bond donors (Lipinski definition) is 1. The van der Waals surface area contributed by atoms with E-state index in [1.54, 1.807) is 6.07 Å². The molecule has 7 rings (SSSR count). The number of fused-ring (bicyclic) bond motifs is 1. The predicted octanol–water partition coefficient (Wildman–Crippen LogP) is 14.7. The zero-order valence-corrected chi connectivity index (χ0v) is 39.4. The van der Waals surface area contributed by atoms with Gasteiger partial charge in [0.25, 0.3) is 0 Å². The molecule has 0 aliphatic carbocycles. The molecule has 1 N–H and O–H groups in total. The molecule has 308 valence electrons. The van der Waals surface area contributed by atoms with E-state index in [0.29, 0.717) is 23.2 Å². The number of rotatable bonds is 7. The van der Waals surface area contributed by atoms with Crippen molar-refractivity contribution in [2.24, 2.45) is 0 Å². The van der Waals surface area contributed by atoms with Gasteiger partial charge in [0.05, 0.1) is 16.6 Å². The van der Waals surface area contributed by atoms with Gasteiger partial charge in [-0.05, 0) is 92.3 Å². The minimum atomic E-state index is -0.225. The summed E-state index contributed by atoms with van der Waals surface area (Å²) in [7, 11) is 0. The first-order valence-electron chi connectivity index (χ1n) is 20.9. The van der Waals surface area contributed by atoms with Crippen LogP contribution >= 0.6 is 0 Å². The molecule has 0 fully saturated rings. The topological polar surface area (TPSA) is 50.9 Å². The molecule has 0 bridgehead atoms. The first kappa shape index (κ1) is 43.8. The van der Waals surface area contributed by atoms with Crippen molar-refractivity contribution in [3.05, 3.63) is 143 Å². The molecule has 7 aromatic rings. The molecular formula is C54H60N3OPt-. The van der Waals surface area contributed by atoms with Gasteiger partial charge in [0, 0.05) is 38.6 Å². The fourth-order valence-corrected chi connectivity index (χ4v) is 7.89. The van der Waals surface area contributed by atoms with Crippen LogP contribution in [0, 0.1) is 6.07 Å². The zero-order chi connectivity index (χ0) is 41.9. The van der Waals surface area contributed by atoms with Crippen LogP contribution in [0.25, 0.3) is 61.6 Å². The molecule has 0 amide bonds. The van der Waals surface area contributed by atoms with Crippen molar-refractivity contribution in [3.63, 3.8) is 0 Å². The third-order valence-electron chi connectivity index (χ3n) is 11.4. The Labute approximate surface area is 367 Å². The maximum Gasteiger partial charge on any atom is 0.148 e. The van der Waals surface area contributed by atoms with Crippen molar-refractivity contribution in [2.45, 2.75) is 118 Å². The molecule has 59 heavy (non-hydrogen) atoms. The number of benzene rings is 5. The summed E-state index contributed by atoms with van der Waals surface area (Å²) in [5.74, 6) is 1.72. The van der Waals surface area contributed by atoms with Crippen LogP contribution in [0.3, 0.4) is 0 Å². The maximum absolute atomic E-state index is 11.3. The summed E-state index contributed by atoms with van der Waals surface area (Å²) in [6, 6.07) is 40.4. The third kappa shape index (κ3) is 8.76. The Hall–Kier alpha value is -4.79. The molecule has 4 nitrogen and oxygen atoms in total. The van der Waals surface area contributed by atoms with Gasteiger partial charge in [0.1, 0.15) is 11.6 Å². The molecule has 0 aliphatic heterocycles. The van der Waals surface area contributed by atoms with Gasteiger partial charge in [-0.15, -0.1) is 28.8 Å². The number of hydrogen-bond acceptors (Lipinski definition) is 3. The predicted molar refractivity (Wildman–Crippen MR) is 245 cm³/mol. The molecule has 2 aromatic heterocycles. The summed E-state index contributed by atoms with van der Waals surface area (Å²) in [4.78, 5) is 10.6. The van der Waals surface area contributed by atoms with Crippen LogP contribution in [0.1, 0.15) is 130 Å². The van der Waals surface area contributed by atoms with Crippen LogP contribution in [0.15, 0.2) is 109 Å². The van der Waals surface area contributed by atoms with Crippen LogP contribution in [0.4, 0.5) is 0 Å². The van der Waals surface area contributed by atoms with Gasteiger partial charge < -0.3 is 5.11 Å². The smallest absolute Gasteiger partial charge is 0.148 e. The number of nitrogens with zero attached hydrogens (tertiary/aromatic N) is 3. The molecule has 0 aliphatic rings. The fraction of sp³-hybridized carbons (Fsp3) is 0.333. The van der Waals surface area contributed by atoms with Gasteiger partial charge in [-0.2, -0.15) is 0 Å². The number of pyridine rings is 1. The van der Waals surface area contributed by atoms with E-state index in [9.17, 15) is 5.11 Å². The summed E-state index contributed by atoms with van der Waals surface area (Å²) in [6.45, 7) is 29.6. The van der Waals surface area contributed by atoms with Gasteiger partial charge in [0.15, 0.2) is 0 Å². The van der Waals surface area contributed by atoms with Gasteiger partial charge in [0.2, 0.25) is 0 Å². The normalized spacial score (nSPS) is 12.4. The number of aromatic nitrogens is 3. The van der Waals surface area contributed by atoms with Crippen molar-refractivity contribution >= 4 is 11.0 Å². The van der Waals surface area contributed by atoms with E-state index in [-0.39, 0.29) is 43.1 Å². The molecule has 0 radical (unpaired) electrons. The van der Waals surface area contributed by atoms with Gasteiger partial charge >= 0.3 is 0 Å². The molecule has 0 unspecified atom stereocenters. The second-order valence-corrected chi connectivity index (χ2v) is 19.7. The summed E-state index contributed by atoms with van der Waals surface area (Å²) >= 11 is 0. The van der Waals surface area contributed by atoms with Crippen molar-refractivity contribution in [1.82, 2.24) is 14.5 Å². The minimum absolute atomic E-state index is 0. The number of phenols is 1. The van der Waals surface area contributed by atoms with E-state index in [2.05, 4.69) is 173 Å². The van der Waals surface area contributed by atoms with Crippen LogP contribution in [-0.4, -0.2) is 19.6 Å². The first-order valence-corrected chi connectivity index (χ1v) is 20.9. The molecule has 5 heteroatoms. The maximum atomic E-state index is 11.3. The van der Waals surface area contributed by atoms with E-state index < -0.39 is 0 Å². The Morgan fingerprint density at radius 1 is 0.593 bits per heavy atom. The van der Waals surface area contributed by atoms with Gasteiger partial charge in [-0.25, -0.2) is 4.98 Å². The van der Waals surface area contributed by atoms with Crippen LogP contribution in [0.5, 0.6) is 5.75 Å². The largest absolute Gasteiger partial charge is 0.507 e. The second-order valence-electron chi connectivity index (χ2n) is 19.7. The average Bonchev–Trinajstić information content (AvgIpc) is 3.55. The van der Waals surface area contributed by atoms with E-state index in [0.717, 1.165) is 44.7 Å². The van der Waals surface area contributed by atoms with E-state index >= 15 is 0 Å². The molecule has 5 aromatic carbocycles. The summed E-state index contributed by atoms with van der Waals surface area (Å²) in [5.41, 5.74) is 15.5. The first-order chi connectivity index (χ1) is 27.2. The second kappa shape index (κ2) is 16.3. The molecule has 0 spiro atoms. The average molecular weight is 962 g/mol. The third-order valence-corrected chi connectivity index (χ3v) is 11.4. The number of phenolic OH excluding ortho intramolecular Hbond substituents is 1. The monoisotopic (exact) mass is 961 g/mol. The molecule has 0 saturated carbocycles. The molecule has 0 saturated heterocycles. The summed E-state index contributed by atoms with van der Waals surface area (Å²) in [5, 5.41) is 11.3. The van der Waals surface area contributed by atoms with Gasteiger partial charge in [-0.1, -0.05) is 162 Å². The molecule has 2 heterocycles. The Morgan fingerprint density at radius 2 is 1.19 bits per heavy atom. The van der Waals surface area contributed by atoms with E-state index in [1.807, 2.05) is 30.5 Å². The van der Waals surface area contributed by atoms with E-state index in [4.69, 9.17) is 9.97 Å². The minimum Gasteiger partial charge on any atom is -0.507 e. The van der Waals surface area contributed by atoms with Crippen molar-refractivity contribution in [2.75, 3.05) is 0 Å². The molecule has 0 atom stereocenters. The van der Waals surface area contributed by atoms with Crippen LogP contribution in [0.2, 0.25) is 0 Å².